The van der Waals surface area contributed by atoms with Crippen LogP contribution >= 0.6 is 0 Å². The van der Waals surface area contributed by atoms with Gasteiger partial charge in [0.15, 0.2) is 0 Å². The molecule has 6 heavy (non-hydrogen) atoms. The minimum absolute atomic E-state index is 0. The summed E-state index contributed by atoms with van der Waals surface area (Å²) in [4.78, 5) is 0. The minimum Gasteiger partial charge on any atom is -0.0890 e. The number of hydrogen-bond acceptors (Lipinski definition) is 0. The molecule has 0 unspecified atom stereocenters. The van der Waals surface area contributed by atoms with Gasteiger partial charge in [0.25, 0.3) is 0 Å². The van der Waals surface area contributed by atoms with E-state index in [0.717, 1.165) is 0 Å². The van der Waals surface area contributed by atoms with Gasteiger partial charge in [-0.1, -0.05) is 11.6 Å². The summed E-state index contributed by atoms with van der Waals surface area (Å²) in [6.07, 6.45) is 2.08. The molecule has 0 bridgehead atoms. The van der Waals surface area contributed by atoms with Crippen molar-refractivity contribution in [3.63, 3.8) is 0 Å². The van der Waals surface area contributed by atoms with Crippen molar-refractivity contribution in [3.05, 3.63) is 11.6 Å². The van der Waals surface area contributed by atoms with E-state index < -0.39 is 0 Å². The average molecular weight is 189 g/mol. The summed E-state index contributed by atoms with van der Waals surface area (Å²) >= 11 is 0. The Bertz CT molecular complexity index is 41.9. The Labute approximate surface area is 56.6 Å². The largest absolute Gasteiger partial charge is 0.0890 e. The van der Waals surface area contributed by atoms with Gasteiger partial charge >= 0.3 is 0 Å². The standard InChI is InChI=1S/C5H10.Sn/c1-4-5(2)3;/h4H,1-3H3;. The van der Waals surface area contributed by atoms with Crippen molar-refractivity contribution >= 4 is 23.9 Å². The summed E-state index contributed by atoms with van der Waals surface area (Å²) in [5.74, 6) is 0. The van der Waals surface area contributed by atoms with Crippen LogP contribution in [-0.2, 0) is 0 Å². The van der Waals surface area contributed by atoms with Gasteiger partial charge in [-0.15, -0.1) is 0 Å². The number of hydrogen-bond donors (Lipinski definition) is 0. The second-order valence-electron chi connectivity index (χ2n) is 1.37. The van der Waals surface area contributed by atoms with E-state index in [1.807, 2.05) is 6.92 Å². The number of rotatable bonds is 0. The van der Waals surface area contributed by atoms with Gasteiger partial charge in [-0.05, 0) is 20.8 Å². The van der Waals surface area contributed by atoms with Gasteiger partial charge in [0.2, 0.25) is 0 Å². The van der Waals surface area contributed by atoms with E-state index in [-0.39, 0.29) is 23.9 Å². The predicted octanol–water partition coefficient (Wildman–Crippen LogP) is 1.59. The van der Waals surface area contributed by atoms with E-state index in [4.69, 9.17) is 0 Å². The fraction of sp³-hybridized carbons (Fsp3) is 0.600. The smallest absolute Gasteiger partial charge is 0 e. The molecule has 0 atom stereocenters. The van der Waals surface area contributed by atoms with Gasteiger partial charge in [-0.25, -0.2) is 0 Å². The second kappa shape index (κ2) is 5.54. The molecule has 0 aliphatic carbocycles. The monoisotopic (exact) mass is 190 g/mol. The first-order valence-electron chi connectivity index (χ1n) is 1.87. The molecule has 0 aromatic carbocycles. The SMILES string of the molecule is CC=C(C)C.[Sn]. The van der Waals surface area contributed by atoms with Crippen LogP contribution < -0.4 is 0 Å². The van der Waals surface area contributed by atoms with Crippen molar-refractivity contribution in [1.29, 1.82) is 0 Å². The Hall–Kier alpha value is 0.539. The van der Waals surface area contributed by atoms with E-state index in [0.29, 0.717) is 0 Å². The fourth-order valence-electron chi connectivity index (χ4n) is 0. The molecule has 1 heteroatoms. The van der Waals surface area contributed by atoms with Crippen LogP contribution in [0.15, 0.2) is 11.6 Å². The van der Waals surface area contributed by atoms with Crippen LogP contribution in [0.2, 0.25) is 0 Å². The molecule has 0 aliphatic rings. The molecule has 0 aromatic heterocycles. The van der Waals surface area contributed by atoms with Crippen molar-refractivity contribution < 1.29 is 0 Å². The summed E-state index contributed by atoms with van der Waals surface area (Å²) in [5.41, 5.74) is 1.38. The summed E-state index contributed by atoms with van der Waals surface area (Å²) in [6.45, 7) is 6.20. The first kappa shape index (κ1) is 9.74. The van der Waals surface area contributed by atoms with Crippen LogP contribution in [0.3, 0.4) is 0 Å². The molecule has 34 valence electrons. The Morgan fingerprint density at radius 2 is 1.50 bits per heavy atom. The van der Waals surface area contributed by atoms with E-state index in [9.17, 15) is 0 Å². The number of allylic oxidation sites excluding steroid dienone is 2. The van der Waals surface area contributed by atoms with Crippen molar-refractivity contribution in [3.8, 4) is 0 Å². The van der Waals surface area contributed by atoms with E-state index in [1.165, 1.54) is 5.57 Å². The Kier molecular flexibility index (Phi) is 8.99. The van der Waals surface area contributed by atoms with Crippen LogP contribution in [0.4, 0.5) is 0 Å². The molecule has 0 N–H and O–H groups in total. The minimum atomic E-state index is 0. The molecule has 0 nitrogen and oxygen atoms in total. The molecular weight excluding hydrogens is 179 g/mol. The van der Waals surface area contributed by atoms with E-state index >= 15 is 0 Å². The third-order valence-electron chi connectivity index (χ3n) is 0.577. The molecule has 0 spiro atoms. The van der Waals surface area contributed by atoms with Gasteiger partial charge in [0, 0.05) is 23.9 Å². The van der Waals surface area contributed by atoms with Gasteiger partial charge in [0.1, 0.15) is 0 Å². The molecule has 0 amide bonds. The third kappa shape index (κ3) is 8.82. The fourth-order valence-corrected chi connectivity index (χ4v) is 0. The molecule has 0 fully saturated rings. The zero-order valence-electron chi connectivity index (χ0n) is 4.58. The molecule has 4 radical (unpaired) electrons. The zero-order chi connectivity index (χ0) is 4.28. The molecule has 0 aliphatic heterocycles. The average Bonchev–Trinajstić information content (AvgIpc) is 1.38. The van der Waals surface area contributed by atoms with Crippen LogP contribution in [0, 0.1) is 0 Å². The van der Waals surface area contributed by atoms with Crippen molar-refractivity contribution in [2.75, 3.05) is 0 Å². The van der Waals surface area contributed by atoms with E-state index in [1.54, 1.807) is 0 Å². The Morgan fingerprint density at radius 1 is 1.33 bits per heavy atom. The summed E-state index contributed by atoms with van der Waals surface area (Å²) in [5, 5.41) is 0. The third-order valence-corrected chi connectivity index (χ3v) is 0.577. The quantitative estimate of drug-likeness (QED) is 0.400. The summed E-state index contributed by atoms with van der Waals surface area (Å²) in [6, 6.07) is 0. The normalized spacial score (nSPS) is 5.83. The van der Waals surface area contributed by atoms with Gasteiger partial charge in [-0.3, -0.25) is 0 Å². The topological polar surface area (TPSA) is 0 Å². The summed E-state index contributed by atoms with van der Waals surface area (Å²) < 4.78 is 0. The summed E-state index contributed by atoms with van der Waals surface area (Å²) in [7, 11) is 0. The zero-order valence-corrected chi connectivity index (χ0v) is 7.43. The maximum Gasteiger partial charge on any atom is 0 e. The van der Waals surface area contributed by atoms with Crippen LogP contribution in [-0.4, -0.2) is 23.9 Å². The Morgan fingerprint density at radius 3 is 1.50 bits per heavy atom. The van der Waals surface area contributed by atoms with Crippen molar-refractivity contribution in [2.45, 2.75) is 20.8 Å². The molecule has 0 aromatic rings. The van der Waals surface area contributed by atoms with Gasteiger partial charge < -0.3 is 0 Å². The maximum absolute atomic E-state index is 2.08. The van der Waals surface area contributed by atoms with Gasteiger partial charge in [0.05, 0.1) is 0 Å². The first-order chi connectivity index (χ1) is 2.27. The molecule has 0 saturated heterocycles. The van der Waals surface area contributed by atoms with Crippen molar-refractivity contribution in [1.82, 2.24) is 0 Å². The molecule has 0 rings (SSSR count). The predicted molar refractivity (Wildman–Crippen MR) is 30.9 cm³/mol. The van der Waals surface area contributed by atoms with Gasteiger partial charge in [-0.2, -0.15) is 0 Å². The Balaban J connectivity index is 0. The second-order valence-corrected chi connectivity index (χ2v) is 1.37. The van der Waals surface area contributed by atoms with Crippen LogP contribution in [0.1, 0.15) is 20.8 Å². The van der Waals surface area contributed by atoms with E-state index in [2.05, 4.69) is 19.9 Å². The molecular formula is C5H10Sn. The maximum atomic E-state index is 2.08. The molecule has 0 saturated carbocycles. The molecule has 0 heterocycles. The first-order valence-corrected chi connectivity index (χ1v) is 1.87. The van der Waals surface area contributed by atoms with Crippen molar-refractivity contribution in [2.24, 2.45) is 0 Å². The van der Waals surface area contributed by atoms with Crippen LogP contribution in [0.25, 0.3) is 0 Å². The van der Waals surface area contributed by atoms with Crippen LogP contribution in [0.5, 0.6) is 0 Å².